The number of carbonyl (C=O) groups excluding carboxylic acids is 1. The number of nitrogens with zero attached hydrogens (tertiary/aromatic N) is 1. The zero-order chi connectivity index (χ0) is 21.3. The first-order chi connectivity index (χ1) is 14.6. The molecule has 0 radical (unpaired) electrons. The molecule has 6 heteroatoms. The van der Waals surface area contributed by atoms with E-state index in [0.717, 1.165) is 44.9 Å². The largest absolute Gasteiger partial charge is 0.392 e. The van der Waals surface area contributed by atoms with Crippen LogP contribution in [0.5, 0.6) is 0 Å². The van der Waals surface area contributed by atoms with Crippen molar-refractivity contribution < 1.29 is 24.5 Å². The van der Waals surface area contributed by atoms with Gasteiger partial charge in [0.2, 0.25) is 5.91 Å². The van der Waals surface area contributed by atoms with Gasteiger partial charge in [-0.2, -0.15) is 0 Å². The minimum atomic E-state index is -0.406. The van der Waals surface area contributed by atoms with E-state index in [-0.39, 0.29) is 24.5 Å². The molecule has 3 fully saturated rings. The minimum Gasteiger partial charge on any atom is -0.392 e. The van der Waals surface area contributed by atoms with Gasteiger partial charge in [0.25, 0.3) is 0 Å². The van der Waals surface area contributed by atoms with Crippen LogP contribution in [0.2, 0.25) is 0 Å². The van der Waals surface area contributed by atoms with Crippen LogP contribution in [0.1, 0.15) is 51.9 Å². The fourth-order valence-corrected chi connectivity index (χ4v) is 5.12. The highest BCUT2D eigenvalue weighted by atomic mass is 16.5. The number of carbonyl (C=O) groups is 1. The Hall–Kier alpha value is -1.21. The van der Waals surface area contributed by atoms with Crippen LogP contribution in [0, 0.1) is 17.8 Å². The monoisotopic (exact) mass is 421 g/mol. The minimum absolute atomic E-state index is 0.0332. The number of morpholine rings is 1. The number of hydrogen-bond donors (Lipinski definition) is 2. The number of unbranched alkanes of at least 4 members (excludes halogenated alkanes) is 2. The fraction of sp³-hybridized carbons (Fsp3) is 0.792. The summed E-state index contributed by atoms with van der Waals surface area (Å²) in [5, 5.41) is 20.6. The Morgan fingerprint density at radius 1 is 1.30 bits per heavy atom. The summed E-state index contributed by atoms with van der Waals surface area (Å²) in [6, 6.07) is 0. The van der Waals surface area contributed by atoms with E-state index in [1.165, 1.54) is 5.57 Å². The van der Waals surface area contributed by atoms with E-state index in [4.69, 9.17) is 9.47 Å². The molecule has 0 bridgehead atoms. The van der Waals surface area contributed by atoms with Gasteiger partial charge in [0.05, 0.1) is 32.0 Å². The third-order valence-electron chi connectivity index (χ3n) is 6.85. The number of fused-ring (bicyclic) bond motifs is 1. The molecule has 2 N–H and O–H groups in total. The van der Waals surface area contributed by atoms with Crippen molar-refractivity contribution in [2.45, 2.75) is 64.1 Å². The summed E-state index contributed by atoms with van der Waals surface area (Å²) in [7, 11) is 0. The lowest BCUT2D eigenvalue weighted by Gasteiger charge is -2.26. The third kappa shape index (κ3) is 6.64. The van der Waals surface area contributed by atoms with Gasteiger partial charge >= 0.3 is 0 Å². The van der Waals surface area contributed by atoms with E-state index >= 15 is 0 Å². The van der Waals surface area contributed by atoms with Crippen molar-refractivity contribution in [1.82, 2.24) is 4.90 Å². The molecule has 3 rings (SSSR count). The van der Waals surface area contributed by atoms with Gasteiger partial charge in [0.15, 0.2) is 0 Å². The highest BCUT2D eigenvalue weighted by Crippen LogP contribution is 2.50. The van der Waals surface area contributed by atoms with Crippen molar-refractivity contribution in [3.8, 4) is 0 Å². The van der Waals surface area contributed by atoms with Gasteiger partial charge in [-0.15, -0.1) is 0 Å². The Bertz CT molecular complexity index is 598. The number of aliphatic hydroxyl groups excluding tert-OH is 2. The van der Waals surface area contributed by atoms with Gasteiger partial charge in [0.1, 0.15) is 6.61 Å². The van der Waals surface area contributed by atoms with Gasteiger partial charge in [-0.05, 0) is 37.5 Å². The number of amides is 1. The van der Waals surface area contributed by atoms with Crippen LogP contribution in [0.3, 0.4) is 0 Å². The zero-order valence-electron chi connectivity index (χ0n) is 18.4. The van der Waals surface area contributed by atoms with E-state index in [1.807, 2.05) is 6.08 Å². The molecule has 170 valence electrons. The molecule has 6 nitrogen and oxygen atoms in total. The predicted octanol–water partition coefficient (Wildman–Crippen LogP) is 2.69. The van der Waals surface area contributed by atoms with Crippen LogP contribution in [0.15, 0.2) is 23.8 Å². The second kappa shape index (κ2) is 12.0. The summed E-state index contributed by atoms with van der Waals surface area (Å²) in [6.07, 6.45) is 12.3. The standard InChI is InChI=1S/C24H39NO5/c1-2-3-4-5-20(26)6-7-21-22-15-18(14-19(22)16-23(21)27)8-11-30-17-24(28)25-9-12-29-13-10-25/h6-8,19-23,26-27H,2-5,9-17H2,1H3/b7-6+,18-8+/t19-,20-,21+,22-,23+/m0/s1. The molecule has 1 saturated heterocycles. The van der Waals surface area contributed by atoms with Crippen molar-refractivity contribution in [2.24, 2.45) is 17.8 Å². The molecule has 3 aliphatic rings. The molecule has 1 amide bonds. The Morgan fingerprint density at radius 2 is 2.10 bits per heavy atom. The van der Waals surface area contributed by atoms with Gasteiger partial charge in [-0.25, -0.2) is 0 Å². The van der Waals surface area contributed by atoms with Crippen LogP contribution in [0.4, 0.5) is 0 Å². The third-order valence-corrected chi connectivity index (χ3v) is 6.85. The Labute approximate surface area is 180 Å². The van der Waals surface area contributed by atoms with Gasteiger partial charge in [-0.3, -0.25) is 4.79 Å². The molecule has 2 saturated carbocycles. The van der Waals surface area contributed by atoms with E-state index in [2.05, 4.69) is 19.1 Å². The lowest BCUT2D eigenvalue weighted by molar-refractivity contribution is -0.139. The first-order valence-corrected chi connectivity index (χ1v) is 11.7. The van der Waals surface area contributed by atoms with E-state index < -0.39 is 6.10 Å². The maximum atomic E-state index is 12.1. The number of aliphatic hydroxyl groups is 2. The molecular weight excluding hydrogens is 382 g/mol. The summed E-state index contributed by atoms with van der Waals surface area (Å²) < 4.78 is 10.9. The van der Waals surface area contributed by atoms with Crippen LogP contribution in [-0.2, 0) is 14.3 Å². The van der Waals surface area contributed by atoms with Gasteiger partial charge in [-0.1, -0.05) is 50.0 Å². The smallest absolute Gasteiger partial charge is 0.248 e. The molecular formula is C24H39NO5. The summed E-state index contributed by atoms with van der Waals surface area (Å²) >= 11 is 0. The molecule has 0 aromatic rings. The lowest BCUT2D eigenvalue weighted by Crippen LogP contribution is -2.42. The van der Waals surface area contributed by atoms with Crippen LogP contribution < -0.4 is 0 Å². The summed E-state index contributed by atoms with van der Waals surface area (Å²) in [5.41, 5.74) is 1.37. The Balaban J connectivity index is 1.41. The Morgan fingerprint density at radius 3 is 2.87 bits per heavy atom. The van der Waals surface area contributed by atoms with Crippen LogP contribution in [-0.4, -0.2) is 72.7 Å². The average Bonchev–Trinajstić information content (AvgIpc) is 3.26. The molecule has 0 aromatic carbocycles. The highest BCUT2D eigenvalue weighted by Gasteiger charge is 2.44. The quantitative estimate of drug-likeness (QED) is 0.419. The molecule has 2 aliphatic carbocycles. The topological polar surface area (TPSA) is 79.2 Å². The van der Waals surface area contributed by atoms with Crippen molar-refractivity contribution in [2.75, 3.05) is 39.5 Å². The lowest BCUT2D eigenvalue weighted by atomic mass is 9.90. The molecule has 0 aromatic heterocycles. The number of ether oxygens (including phenoxy) is 2. The predicted molar refractivity (Wildman–Crippen MR) is 116 cm³/mol. The van der Waals surface area contributed by atoms with Gasteiger partial charge < -0.3 is 24.6 Å². The van der Waals surface area contributed by atoms with E-state index in [9.17, 15) is 15.0 Å². The number of rotatable bonds is 10. The summed E-state index contributed by atoms with van der Waals surface area (Å²) in [4.78, 5) is 13.9. The summed E-state index contributed by atoms with van der Waals surface area (Å²) in [5.74, 6) is 1.12. The second-order valence-electron chi connectivity index (χ2n) is 9.03. The molecule has 30 heavy (non-hydrogen) atoms. The average molecular weight is 422 g/mol. The second-order valence-corrected chi connectivity index (χ2v) is 9.03. The molecule has 5 atom stereocenters. The van der Waals surface area contributed by atoms with Crippen LogP contribution in [0.25, 0.3) is 0 Å². The van der Waals surface area contributed by atoms with Crippen LogP contribution >= 0.6 is 0 Å². The van der Waals surface area contributed by atoms with Gasteiger partial charge in [0, 0.05) is 19.0 Å². The maximum absolute atomic E-state index is 12.1. The molecule has 0 unspecified atom stereocenters. The fourth-order valence-electron chi connectivity index (χ4n) is 5.12. The maximum Gasteiger partial charge on any atom is 0.248 e. The molecule has 0 spiro atoms. The Kier molecular flexibility index (Phi) is 9.37. The number of hydrogen-bond acceptors (Lipinski definition) is 5. The highest BCUT2D eigenvalue weighted by molar-refractivity contribution is 5.77. The normalized spacial score (nSPS) is 31.6. The van der Waals surface area contributed by atoms with E-state index in [1.54, 1.807) is 4.90 Å². The van der Waals surface area contributed by atoms with Crippen molar-refractivity contribution >= 4 is 5.91 Å². The first-order valence-electron chi connectivity index (χ1n) is 11.7. The van der Waals surface area contributed by atoms with E-state index in [0.29, 0.717) is 44.7 Å². The SMILES string of the molecule is CCCCC[C@H](O)/C=C/[C@@H]1[C@H]2C/C(=C/COCC(=O)N3CCOCC3)C[C@H]2C[C@H]1O. The van der Waals surface area contributed by atoms with Crippen molar-refractivity contribution in [3.05, 3.63) is 23.8 Å². The number of allylic oxidation sites excluding steroid dienone is 1. The molecule has 1 aliphatic heterocycles. The van der Waals surface area contributed by atoms with Crippen molar-refractivity contribution in [1.29, 1.82) is 0 Å². The first kappa shape index (κ1) is 23.5. The summed E-state index contributed by atoms with van der Waals surface area (Å²) in [6.45, 7) is 5.26. The zero-order valence-corrected chi connectivity index (χ0v) is 18.4. The molecule has 1 heterocycles. The van der Waals surface area contributed by atoms with Crippen molar-refractivity contribution in [3.63, 3.8) is 0 Å².